The van der Waals surface area contributed by atoms with Crippen molar-refractivity contribution in [3.05, 3.63) is 47.5 Å². The number of hydrogen-bond acceptors (Lipinski definition) is 6. The Hall–Kier alpha value is -2.56. The van der Waals surface area contributed by atoms with Crippen LogP contribution in [0.1, 0.15) is 57.6 Å². The van der Waals surface area contributed by atoms with Gasteiger partial charge >= 0.3 is 0 Å². The summed E-state index contributed by atoms with van der Waals surface area (Å²) in [6.07, 6.45) is 5.41. The predicted octanol–water partition coefficient (Wildman–Crippen LogP) is 7.16. The molecule has 0 N–H and O–H groups in total. The molecule has 0 spiro atoms. The van der Waals surface area contributed by atoms with Crippen molar-refractivity contribution in [3.63, 3.8) is 0 Å². The third-order valence-corrected chi connectivity index (χ3v) is 7.31. The van der Waals surface area contributed by atoms with Crippen molar-refractivity contribution in [2.45, 2.75) is 58.3 Å². The van der Waals surface area contributed by atoms with Crippen LogP contribution in [0, 0.1) is 11.8 Å². The van der Waals surface area contributed by atoms with E-state index in [2.05, 4.69) is 55.2 Å². The van der Waals surface area contributed by atoms with Gasteiger partial charge in [0.05, 0.1) is 40.1 Å². The maximum Gasteiger partial charge on any atom is 0.161 e. The first-order valence-corrected chi connectivity index (χ1v) is 12.7. The van der Waals surface area contributed by atoms with Gasteiger partial charge in [0.1, 0.15) is 0 Å². The van der Waals surface area contributed by atoms with Crippen molar-refractivity contribution in [1.29, 1.82) is 0 Å². The Labute approximate surface area is 216 Å². The molecule has 2 rings (SSSR count). The average molecular weight is 500 g/mol. The highest BCUT2D eigenvalue weighted by Gasteiger charge is 2.36. The number of rotatable bonds is 15. The molecule has 0 aliphatic heterocycles. The Bertz CT molecular complexity index is 987. The Morgan fingerprint density at radius 2 is 1.43 bits per heavy atom. The lowest BCUT2D eigenvalue weighted by Crippen LogP contribution is -2.36. The topological polar surface area (TPSA) is 49.3 Å². The zero-order valence-electron chi connectivity index (χ0n) is 22.3. The van der Waals surface area contributed by atoms with Crippen molar-refractivity contribution < 1.29 is 18.9 Å². The highest BCUT2D eigenvalue weighted by molar-refractivity contribution is 7.78. The van der Waals surface area contributed by atoms with E-state index in [0.717, 1.165) is 55.1 Å². The molecule has 6 heteroatoms. The molecule has 2 unspecified atom stereocenters. The van der Waals surface area contributed by atoms with Gasteiger partial charge in [-0.2, -0.15) is 0 Å². The molecule has 0 fully saturated rings. The fourth-order valence-electron chi connectivity index (χ4n) is 4.80. The smallest absolute Gasteiger partial charge is 0.161 e. The van der Waals surface area contributed by atoms with Gasteiger partial charge in [0.15, 0.2) is 23.0 Å². The van der Waals surface area contributed by atoms with Crippen LogP contribution in [0.3, 0.4) is 0 Å². The minimum Gasteiger partial charge on any atom is -0.493 e. The SMILES string of the molecule is COc1ccc(CCC(C)CCCC(CN=C=S)(c2ccc(OC)c(OC)c2)C(C)C)cc1OC. The van der Waals surface area contributed by atoms with Crippen LogP contribution < -0.4 is 18.9 Å². The van der Waals surface area contributed by atoms with Crippen molar-refractivity contribution in [1.82, 2.24) is 0 Å². The van der Waals surface area contributed by atoms with Crippen LogP contribution in [0.25, 0.3) is 0 Å². The largest absolute Gasteiger partial charge is 0.493 e. The Balaban J connectivity index is 2.10. The average Bonchev–Trinajstić information content (AvgIpc) is 2.88. The number of methoxy groups -OCH3 is 4. The van der Waals surface area contributed by atoms with E-state index in [9.17, 15) is 0 Å². The summed E-state index contributed by atoms with van der Waals surface area (Å²) in [4.78, 5) is 4.41. The second-order valence-corrected chi connectivity index (χ2v) is 9.70. The number of aryl methyl sites for hydroxylation is 1. The van der Waals surface area contributed by atoms with E-state index in [0.29, 0.717) is 18.4 Å². The molecule has 0 aromatic heterocycles. The third kappa shape index (κ3) is 7.46. The minimum atomic E-state index is -0.144. The van der Waals surface area contributed by atoms with Gasteiger partial charge in [-0.15, -0.1) is 0 Å². The number of nitrogens with zero attached hydrogens (tertiary/aromatic N) is 1. The fraction of sp³-hybridized carbons (Fsp3) is 0.552. The summed E-state index contributed by atoms with van der Waals surface area (Å²) >= 11 is 4.94. The molecule has 35 heavy (non-hydrogen) atoms. The van der Waals surface area contributed by atoms with Gasteiger partial charge in [-0.25, -0.2) is 4.99 Å². The van der Waals surface area contributed by atoms with Gasteiger partial charge in [0.25, 0.3) is 0 Å². The van der Waals surface area contributed by atoms with E-state index in [4.69, 9.17) is 31.2 Å². The van der Waals surface area contributed by atoms with Gasteiger partial charge in [0, 0.05) is 5.41 Å². The van der Waals surface area contributed by atoms with E-state index >= 15 is 0 Å². The van der Waals surface area contributed by atoms with Crippen LogP contribution >= 0.6 is 12.2 Å². The number of benzene rings is 2. The Morgan fingerprint density at radius 1 is 0.829 bits per heavy atom. The van der Waals surface area contributed by atoms with Crippen LogP contribution in [0.2, 0.25) is 0 Å². The molecule has 2 aromatic carbocycles. The lowest BCUT2D eigenvalue weighted by Gasteiger charge is -2.37. The maximum absolute atomic E-state index is 5.60. The molecule has 0 amide bonds. The maximum atomic E-state index is 5.60. The third-order valence-electron chi connectivity index (χ3n) is 7.18. The van der Waals surface area contributed by atoms with Gasteiger partial charge < -0.3 is 18.9 Å². The second kappa shape index (κ2) is 14.1. The number of hydrogen-bond donors (Lipinski definition) is 0. The molecule has 0 saturated carbocycles. The zero-order chi connectivity index (χ0) is 25.8. The Morgan fingerprint density at radius 3 is 2.00 bits per heavy atom. The molecule has 192 valence electrons. The van der Waals surface area contributed by atoms with Gasteiger partial charge in [0.2, 0.25) is 0 Å². The molecule has 0 aliphatic carbocycles. The van der Waals surface area contributed by atoms with Crippen molar-refractivity contribution in [2.75, 3.05) is 35.0 Å². The van der Waals surface area contributed by atoms with E-state index in [1.54, 1.807) is 28.4 Å². The summed E-state index contributed by atoms with van der Waals surface area (Å²) in [6, 6.07) is 12.4. The highest BCUT2D eigenvalue weighted by atomic mass is 32.1. The van der Waals surface area contributed by atoms with Gasteiger partial charge in [-0.1, -0.05) is 45.7 Å². The molecule has 2 aromatic rings. The first kappa shape index (κ1) is 28.7. The van der Waals surface area contributed by atoms with E-state index < -0.39 is 0 Å². The predicted molar refractivity (Wildman–Crippen MR) is 147 cm³/mol. The summed E-state index contributed by atoms with van der Waals surface area (Å²) in [6.45, 7) is 7.47. The zero-order valence-corrected chi connectivity index (χ0v) is 23.2. The molecule has 0 aliphatic rings. The van der Waals surface area contributed by atoms with E-state index in [1.807, 2.05) is 12.1 Å². The van der Waals surface area contributed by atoms with Crippen molar-refractivity contribution in [3.8, 4) is 23.0 Å². The minimum absolute atomic E-state index is 0.144. The Kier molecular flexibility index (Phi) is 11.6. The fourth-order valence-corrected chi connectivity index (χ4v) is 4.86. The number of ether oxygens (including phenoxy) is 4. The van der Waals surface area contributed by atoms with Crippen molar-refractivity contribution in [2.24, 2.45) is 16.8 Å². The molecular formula is C29H41NO4S. The number of aliphatic imine (C=N–C) groups is 1. The number of isothiocyanates is 1. The van der Waals surface area contributed by atoms with E-state index in [-0.39, 0.29) is 5.41 Å². The van der Waals surface area contributed by atoms with Crippen LogP contribution in [0.5, 0.6) is 23.0 Å². The molecule has 2 atom stereocenters. The van der Waals surface area contributed by atoms with Gasteiger partial charge in [-0.3, -0.25) is 0 Å². The highest BCUT2D eigenvalue weighted by Crippen LogP contribution is 2.42. The van der Waals surface area contributed by atoms with Crippen LogP contribution in [-0.4, -0.2) is 40.1 Å². The summed E-state index contributed by atoms with van der Waals surface area (Å²) in [5.74, 6) is 4.00. The molecule has 0 bridgehead atoms. The van der Waals surface area contributed by atoms with Crippen LogP contribution in [0.4, 0.5) is 0 Å². The first-order chi connectivity index (χ1) is 16.8. The quantitative estimate of drug-likeness (QED) is 0.192. The lowest BCUT2D eigenvalue weighted by atomic mass is 9.68. The molecular weight excluding hydrogens is 458 g/mol. The lowest BCUT2D eigenvalue weighted by molar-refractivity contribution is 0.274. The van der Waals surface area contributed by atoms with Gasteiger partial charge in [-0.05, 0) is 78.7 Å². The monoisotopic (exact) mass is 499 g/mol. The summed E-state index contributed by atoms with van der Waals surface area (Å²) in [5, 5.41) is 2.59. The standard InChI is InChI=1S/C29H41NO4S/c1-21(2)29(19-30-20-35,24-13-15-26(32-5)28(18-24)34-7)16-8-9-22(3)10-11-23-12-14-25(31-4)27(17-23)33-6/h12-15,17-18,21-22H,8-11,16,19H2,1-7H3. The first-order valence-electron chi connectivity index (χ1n) is 12.3. The summed E-state index contributed by atoms with van der Waals surface area (Å²) in [7, 11) is 6.68. The van der Waals surface area contributed by atoms with Crippen molar-refractivity contribution >= 4 is 17.4 Å². The molecule has 5 nitrogen and oxygen atoms in total. The van der Waals surface area contributed by atoms with E-state index in [1.165, 1.54) is 11.1 Å². The molecule has 0 heterocycles. The molecule has 0 saturated heterocycles. The molecule has 0 radical (unpaired) electrons. The second-order valence-electron chi connectivity index (χ2n) is 9.51. The van der Waals surface area contributed by atoms with Crippen LogP contribution in [0.15, 0.2) is 41.4 Å². The number of thiocarbonyl (C=S) groups is 1. The summed E-state index contributed by atoms with van der Waals surface area (Å²) < 4.78 is 21.9. The normalized spacial score (nSPS) is 13.5. The van der Waals surface area contributed by atoms with Crippen LogP contribution in [-0.2, 0) is 11.8 Å². The summed E-state index contributed by atoms with van der Waals surface area (Å²) in [5.41, 5.74) is 2.33.